The molecule has 1 aromatic rings. The number of aryl methyl sites for hydroxylation is 1. The Morgan fingerprint density at radius 3 is 2.60 bits per heavy atom. The van der Waals surface area contributed by atoms with E-state index in [9.17, 15) is 4.39 Å². The van der Waals surface area contributed by atoms with Gasteiger partial charge in [-0.05, 0) is 48.0 Å². The van der Waals surface area contributed by atoms with Crippen molar-refractivity contribution in [2.75, 3.05) is 0 Å². The lowest BCUT2D eigenvalue weighted by Gasteiger charge is -2.07. The molecule has 0 fully saturated rings. The predicted molar refractivity (Wildman–Crippen MR) is 61.6 cm³/mol. The average molecular weight is 227 g/mol. The Labute approximate surface area is 93.0 Å². The maximum atomic E-state index is 13.1. The molecule has 0 saturated heterocycles. The summed E-state index contributed by atoms with van der Waals surface area (Å²) in [5.74, 6) is -0.439. The van der Waals surface area contributed by atoms with E-state index in [1.807, 2.05) is 0 Å². The third-order valence-electron chi connectivity index (χ3n) is 2.03. The quantitative estimate of drug-likeness (QED) is 0.762. The zero-order valence-electron chi connectivity index (χ0n) is 8.30. The van der Waals surface area contributed by atoms with Gasteiger partial charge < -0.3 is 11.5 Å². The molecule has 15 heavy (non-hydrogen) atoms. The average Bonchev–Trinajstić information content (AvgIpc) is 2.20. The fourth-order valence-electron chi connectivity index (χ4n) is 1.30. The van der Waals surface area contributed by atoms with Gasteiger partial charge >= 0.3 is 0 Å². The zero-order valence-corrected chi connectivity index (χ0v) is 9.05. The van der Waals surface area contributed by atoms with Crippen LogP contribution in [0.4, 0.5) is 4.39 Å². The maximum Gasteiger partial charge on any atom is 0.142 e. The molecule has 0 bridgehead atoms. The number of benzene rings is 1. The minimum atomic E-state index is -0.439. The van der Waals surface area contributed by atoms with Crippen LogP contribution in [0.15, 0.2) is 30.6 Å². The molecule has 0 saturated carbocycles. The van der Waals surface area contributed by atoms with Crippen molar-refractivity contribution in [2.45, 2.75) is 6.92 Å². The van der Waals surface area contributed by atoms with Crippen molar-refractivity contribution in [1.29, 1.82) is 0 Å². The van der Waals surface area contributed by atoms with Crippen molar-refractivity contribution in [1.82, 2.24) is 0 Å². The minimum Gasteiger partial charge on any atom is -0.405 e. The van der Waals surface area contributed by atoms with Gasteiger partial charge in [0.1, 0.15) is 5.82 Å². The van der Waals surface area contributed by atoms with Crippen molar-refractivity contribution in [3.8, 4) is 0 Å². The van der Waals surface area contributed by atoms with Crippen LogP contribution in [0.1, 0.15) is 11.1 Å². The van der Waals surface area contributed by atoms with E-state index in [-0.39, 0.29) is 5.02 Å². The Balaban J connectivity index is 3.31. The molecule has 0 aliphatic heterocycles. The molecular formula is C11H12ClFN2. The molecule has 4 N–H and O–H groups in total. The highest BCUT2D eigenvalue weighted by atomic mass is 35.5. The van der Waals surface area contributed by atoms with Crippen molar-refractivity contribution >= 4 is 17.2 Å². The van der Waals surface area contributed by atoms with Crippen LogP contribution in [0.2, 0.25) is 5.02 Å². The molecule has 4 heteroatoms. The molecule has 80 valence electrons. The summed E-state index contributed by atoms with van der Waals surface area (Å²) in [5, 5.41) is 0.0698. The van der Waals surface area contributed by atoms with Gasteiger partial charge in [0.25, 0.3) is 0 Å². The van der Waals surface area contributed by atoms with Crippen molar-refractivity contribution < 1.29 is 4.39 Å². The first kappa shape index (κ1) is 11.6. The van der Waals surface area contributed by atoms with Gasteiger partial charge in [-0.15, -0.1) is 0 Å². The van der Waals surface area contributed by atoms with Crippen LogP contribution in [0.3, 0.4) is 0 Å². The molecule has 0 amide bonds. The third kappa shape index (κ3) is 2.50. The van der Waals surface area contributed by atoms with E-state index < -0.39 is 5.82 Å². The normalized spacial score (nSPS) is 12.3. The van der Waals surface area contributed by atoms with E-state index >= 15 is 0 Å². The van der Waals surface area contributed by atoms with Gasteiger partial charge in [-0.25, -0.2) is 4.39 Å². The fraction of sp³-hybridized carbons (Fsp3) is 0.0909. The summed E-state index contributed by atoms with van der Waals surface area (Å²) in [6.07, 6.45) is 4.41. The van der Waals surface area contributed by atoms with Gasteiger partial charge in [-0.1, -0.05) is 11.6 Å². The molecule has 0 atom stereocenters. The molecule has 0 radical (unpaired) electrons. The van der Waals surface area contributed by atoms with E-state index in [1.54, 1.807) is 13.0 Å². The third-order valence-corrected chi connectivity index (χ3v) is 2.32. The SMILES string of the molecule is Cc1cc(F)c(Cl)cc1C(/C=C\N)=C/N. The van der Waals surface area contributed by atoms with E-state index in [4.69, 9.17) is 23.1 Å². The second kappa shape index (κ2) is 4.84. The van der Waals surface area contributed by atoms with Crippen LogP contribution in [0, 0.1) is 12.7 Å². The highest BCUT2D eigenvalue weighted by Gasteiger charge is 2.07. The van der Waals surface area contributed by atoms with Gasteiger partial charge in [0.2, 0.25) is 0 Å². The highest BCUT2D eigenvalue weighted by Crippen LogP contribution is 2.25. The first-order valence-corrected chi connectivity index (χ1v) is 4.74. The van der Waals surface area contributed by atoms with Crippen molar-refractivity contribution in [3.05, 3.63) is 52.6 Å². The van der Waals surface area contributed by atoms with Crippen LogP contribution in [0.25, 0.3) is 5.57 Å². The first-order chi connectivity index (χ1) is 7.10. The largest absolute Gasteiger partial charge is 0.405 e. The van der Waals surface area contributed by atoms with Gasteiger partial charge in [-0.3, -0.25) is 0 Å². The first-order valence-electron chi connectivity index (χ1n) is 4.36. The summed E-state index contributed by atoms with van der Waals surface area (Å²) in [5.41, 5.74) is 12.9. The lowest BCUT2D eigenvalue weighted by Crippen LogP contribution is -1.93. The number of allylic oxidation sites excluding steroid dienone is 2. The fourth-order valence-corrected chi connectivity index (χ4v) is 1.46. The van der Waals surface area contributed by atoms with Gasteiger partial charge in [0.15, 0.2) is 0 Å². The van der Waals surface area contributed by atoms with Crippen molar-refractivity contribution in [2.24, 2.45) is 11.5 Å². The second-order valence-electron chi connectivity index (χ2n) is 3.06. The van der Waals surface area contributed by atoms with Gasteiger partial charge in [-0.2, -0.15) is 0 Å². The van der Waals surface area contributed by atoms with Crippen molar-refractivity contribution in [3.63, 3.8) is 0 Å². The summed E-state index contributed by atoms with van der Waals surface area (Å²) in [6.45, 7) is 1.78. The summed E-state index contributed by atoms with van der Waals surface area (Å²) in [6, 6.07) is 2.90. The van der Waals surface area contributed by atoms with Crippen LogP contribution >= 0.6 is 11.6 Å². The standard InChI is InChI=1S/C11H12ClFN2/c1-7-4-11(13)10(12)5-9(7)8(6-15)2-3-14/h2-6H,14-15H2,1H3/b3-2-,8-6+. The monoisotopic (exact) mass is 226 g/mol. The van der Waals surface area contributed by atoms with Crippen LogP contribution in [-0.4, -0.2) is 0 Å². The lowest BCUT2D eigenvalue weighted by molar-refractivity contribution is 0.627. The Morgan fingerprint density at radius 1 is 1.40 bits per heavy atom. The Hall–Kier alpha value is -1.48. The number of nitrogens with two attached hydrogens (primary N) is 2. The molecule has 0 heterocycles. The number of hydrogen-bond acceptors (Lipinski definition) is 2. The van der Waals surface area contributed by atoms with Crippen LogP contribution in [0.5, 0.6) is 0 Å². The lowest BCUT2D eigenvalue weighted by atomic mass is 10.0. The Kier molecular flexibility index (Phi) is 3.74. The van der Waals surface area contributed by atoms with Gasteiger partial charge in [0.05, 0.1) is 5.02 Å². The number of hydrogen-bond donors (Lipinski definition) is 2. The van der Waals surface area contributed by atoms with E-state index in [1.165, 1.54) is 24.5 Å². The number of halogens is 2. The zero-order chi connectivity index (χ0) is 11.4. The van der Waals surface area contributed by atoms with E-state index in [0.717, 1.165) is 11.1 Å². The second-order valence-corrected chi connectivity index (χ2v) is 3.47. The summed E-state index contributed by atoms with van der Waals surface area (Å²) < 4.78 is 13.1. The smallest absolute Gasteiger partial charge is 0.142 e. The topological polar surface area (TPSA) is 52.0 Å². The van der Waals surface area contributed by atoms with E-state index in [0.29, 0.717) is 5.57 Å². The molecule has 0 aliphatic carbocycles. The van der Waals surface area contributed by atoms with Crippen LogP contribution in [-0.2, 0) is 0 Å². The molecule has 0 spiro atoms. The molecule has 0 aliphatic rings. The highest BCUT2D eigenvalue weighted by molar-refractivity contribution is 6.31. The Morgan fingerprint density at radius 2 is 2.07 bits per heavy atom. The molecule has 2 nitrogen and oxygen atoms in total. The molecular weight excluding hydrogens is 215 g/mol. The predicted octanol–water partition coefficient (Wildman–Crippen LogP) is 2.56. The Bertz CT molecular complexity index is 425. The number of rotatable bonds is 2. The van der Waals surface area contributed by atoms with Crippen LogP contribution < -0.4 is 11.5 Å². The summed E-state index contributed by atoms with van der Waals surface area (Å²) in [4.78, 5) is 0. The summed E-state index contributed by atoms with van der Waals surface area (Å²) in [7, 11) is 0. The molecule has 0 unspecified atom stereocenters. The molecule has 1 aromatic carbocycles. The van der Waals surface area contributed by atoms with Gasteiger partial charge in [0, 0.05) is 6.20 Å². The summed E-state index contributed by atoms with van der Waals surface area (Å²) >= 11 is 5.69. The molecule has 0 aromatic heterocycles. The molecule has 1 rings (SSSR count). The van der Waals surface area contributed by atoms with E-state index in [2.05, 4.69) is 0 Å². The maximum absolute atomic E-state index is 13.1. The minimum absolute atomic E-state index is 0.0698.